The molecule has 0 saturated carbocycles. The van der Waals surface area contributed by atoms with E-state index in [1.54, 1.807) is 18.0 Å². The van der Waals surface area contributed by atoms with Gasteiger partial charge in [-0.25, -0.2) is 15.0 Å². The van der Waals surface area contributed by atoms with Crippen LogP contribution in [0.25, 0.3) is 0 Å². The molecule has 0 N–H and O–H groups in total. The fourth-order valence-corrected chi connectivity index (χ4v) is 3.19. The lowest BCUT2D eigenvalue weighted by Gasteiger charge is -2.01. The van der Waals surface area contributed by atoms with Crippen molar-refractivity contribution in [3.8, 4) is 0 Å². The van der Waals surface area contributed by atoms with Gasteiger partial charge in [0.15, 0.2) is 9.62 Å². The van der Waals surface area contributed by atoms with Crippen molar-refractivity contribution < 1.29 is 0 Å². The smallest absolute Gasteiger partial charge is 0.188 e. The third kappa shape index (κ3) is 3.17. The molecular weight excluding hydrogens is 262 g/mol. The van der Waals surface area contributed by atoms with Crippen LogP contribution in [0.4, 0.5) is 0 Å². The Morgan fingerprint density at radius 3 is 2.56 bits per heavy atom. The van der Waals surface area contributed by atoms with Crippen molar-refractivity contribution in [3.05, 3.63) is 33.0 Å². The van der Waals surface area contributed by atoms with E-state index < -0.39 is 0 Å². The summed E-state index contributed by atoms with van der Waals surface area (Å²) in [5, 5.41) is 0.807. The number of rotatable bonds is 3. The fraction of sp³-hybridized carbons (Fsp3) is 0.300. The average Bonchev–Trinajstić information content (AvgIpc) is 2.60. The molecule has 0 fully saturated rings. The van der Waals surface area contributed by atoms with Gasteiger partial charge in [-0.3, -0.25) is 0 Å². The standard InChI is InChI=1S/C10H10ClN3S2/c1-6-3-7(2)14-10(13-6)15-5-8-4-12-9(11)16-8/h3-4H,5H2,1-2H3. The Balaban J connectivity index is 2.04. The van der Waals surface area contributed by atoms with E-state index >= 15 is 0 Å². The Morgan fingerprint density at radius 2 is 2.00 bits per heavy atom. The van der Waals surface area contributed by atoms with E-state index in [0.29, 0.717) is 4.47 Å². The number of hydrogen-bond acceptors (Lipinski definition) is 5. The summed E-state index contributed by atoms with van der Waals surface area (Å²) in [7, 11) is 0. The predicted molar refractivity (Wildman–Crippen MR) is 68.2 cm³/mol. The molecule has 0 atom stereocenters. The van der Waals surface area contributed by atoms with Crippen molar-refractivity contribution >= 4 is 34.7 Å². The first-order valence-corrected chi connectivity index (χ1v) is 6.87. The summed E-state index contributed by atoms with van der Waals surface area (Å²) in [6.07, 6.45) is 1.79. The highest BCUT2D eigenvalue weighted by Crippen LogP contribution is 2.25. The molecule has 16 heavy (non-hydrogen) atoms. The van der Waals surface area contributed by atoms with Crippen molar-refractivity contribution in [1.82, 2.24) is 15.0 Å². The predicted octanol–water partition coefficient (Wildman–Crippen LogP) is 3.50. The van der Waals surface area contributed by atoms with Crippen LogP contribution in [-0.4, -0.2) is 15.0 Å². The molecule has 2 aromatic rings. The molecule has 0 amide bonds. The number of nitrogens with zero attached hydrogens (tertiary/aromatic N) is 3. The van der Waals surface area contributed by atoms with E-state index in [0.717, 1.165) is 27.2 Å². The van der Waals surface area contributed by atoms with E-state index in [4.69, 9.17) is 11.6 Å². The lowest BCUT2D eigenvalue weighted by Crippen LogP contribution is -1.92. The van der Waals surface area contributed by atoms with Gasteiger partial charge in [0, 0.05) is 28.2 Å². The molecule has 84 valence electrons. The van der Waals surface area contributed by atoms with Crippen molar-refractivity contribution in [2.45, 2.75) is 24.8 Å². The lowest BCUT2D eigenvalue weighted by molar-refractivity contribution is 0.902. The van der Waals surface area contributed by atoms with Crippen LogP contribution in [0.2, 0.25) is 4.47 Å². The number of thioether (sulfide) groups is 1. The Morgan fingerprint density at radius 1 is 1.31 bits per heavy atom. The molecule has 6 heteroatoms. The highest BCUT2D eigenvalue weighted by Gasteiger charge is 2.04. The largest absolute Gasteiger partial charge is 0.233 e. The van der Waals surface area contributed by atoms with E-state index in [-0.39, 0.29) is 0 Å². The third-order valence-electron chi connectivity index (χ3n) is 1.83. The maximum atomic E-state index is 5.76. The SMILES string of the molecule is Cc1cc(C)nc(SCc2cnc(Cl)s2)n1. The maximum Gasteiger partial charge on any atom is 0.188 e. The number of thiazole rings is 1. The molecule has 0 radical (unpaired) electrons. The molecule has 0 aromatic carbocycles. The normalized spacial score (nSPS) is 10.7. The number of halogens is 1. The molecule has 0 bridgehead atoms. The molecule has 0 aliphatic carbocycles. The van der Waals surface area contributed by atoms with Crippen LogP contribution < -0.4 is 0 Å². The summed E-state index contributed by atoms with van der Waals surface area (Å²) in [4.78, 5) is 13.8. The van der Waals surface area contributed by atoms with E-state index in [1.165, 1.54) is 11.3 Å². The van der Waals surface area contributed by atoms with E-state index in [1.807, 2.05) is 19.9 Å². The molecule has 2 aromatic heterocycles. The fourth-order valence-electron chi connectivity index (χ4n) is 1.24. The first-order chi connectivity index (χ1) is 7.63. The minimum atomic E-state index is 0.581. The zero-order valence-electron chi connectivity index (χ0n) is 8.90. The van der Waals surface area contributed by atoms with Gasteiger partial charge in [0.1, 0.15) is 0 Å². The average molecular weight is 272 g/mol. The van der Waals surface area contributed by atoms with Crippen LogP contribution >= 0.6 is 34.7 Å². The topological polar surface area (TPSA) is 38.7 Å². The van der Waals surface area contributed by atoms with Gasteiger partial charge >= 0.3 is 0 Å². The summed E-state index contributed by atoms with van der Waals surface area (Å²) >= 11 is 8.86. The zero-order valence-corrected chi connectivity index (χ0v) is 11.3. The molecule has 3 nitrogen and oxygen atoms in total. The van der Waals surface area contributed by atoms with Crippen LogP contribution in [0.3, 0.4) is 0 Å². The number of aryl methyl sites for hydroxylation is 2. The number of aromatic nitrogens is 3. The van der Waals surface area contributed by atoms with Crippen LogP contribution in [0.1, 0.15) is 16.3 Å². The summed E-state index contributed by atoms with van der Waals surface area (Å²) in [5.41, 5.74) is 2.00. The summed E-state index contributed by atoms with van der Waals surface area (Å²) in [6, 6.07) is 1.97. The maximum absolute atomic E-state index is 5.76. The molecule has 2 heterocycles. The van der Waals surface area contributed by atoms with Crippen molar-refractivity contribution in [2.24, 2.45) is 0 Å². The summed E-state index contributed by atoms with van der Waals surface area (Å²) in [6.45, 7) is 3.95. The van der Waals surface area contributed by atoms with E-state index in [9.17, 15) is 0 Å². The highest BCUT2D eigenvalue weighted by atomic mass is 35.5. The van der Waals surface area contributed by atoms with Gasteiger partial charge in [-0.1, -0.05) is 23.4 Å². The van der Waals surface area contributed by atoms with Gasteiger partial charge in [-0.05, 0) is 19.9 Å². The molecule has 0 aliphatic rings. The summed E-state index contributed by atoms with van der Waals surface area (Å²) in [5.74, 6) is 0.813. The second-order valence-electron chi connectivity index (χ2n) is 3.30. The van der Waals surface area contributed by atoms with Gasteiger partial charge in [0.2, 0.25) is 0 Å². The van der Waals surface area contributed by atoms with Gasteiger partial charge < -0.3 is 0 Å². The Labute approximate surface area is 107 Å². The second kappa shape index (κ2) is 5.12. The lowest BCUT2D eigenvalue weighted by atomic mass is 10.4. The Bertz CT molecular complexity index is 478. The molecular formula is C10H10ClN3S2. The van der Waals surface area contributed by atoms with Crippen LogP contribution in [0.15, 0.2) is 17.4 Å². The zero-order chi connectivity index (χ0) is 11.5. The van der Waals surface area contributed by atoms with E-state index in [2.05, 4.69) is 15.0 Å². The highest BCUT2D eigenvalue weighted by molar-refractivity contribution is 7.98. The van der Waals surface area contributed by atoms with Gasteiger partial charge in [-0.2, -0.15) is 0 Å². The minimum absolute atomic E-state index is 0.581. The first kappa shape index (κ1) is 11.8. The van der Waals surface area contributed by atoms with Crippen LogP contribution in [-0.2, 0) is 5.75 Å². The van der Waals surface area contributed by atoms with Gasteiger partial charge in [0.25, 0.3) is 0 Å². The van der Waals surface area contributed by atoms with Crippen LogP contribution in [0.5, 0.6) is 0 Å². The van der Waals surface area contributed by atoms with Crippen molar-refractivity contribution in [3.63, 3.8) is 0 Å². The van der Waals surface area contributed by atoms with Crippen LogP contribution in [0, 0.1) is 13.8 Å². The first-order valence-electron chi connectivity index (χ1n) is 4.69. The molecule has 0 aliphatic heterocycles. The van der Waals surface area contributed by atoms with Crippen molar-refractivity contribution in [1.29, 1.82) is 0 Å². The monoisotopic (exact) mass is 271 g/mol. The van der Waals surface area contributed by atoms with Gasteiger partial charge in [-0.15, -0.1) is 11.3 Å². The van der Waals surface area contributed by atoms with Crippen molar-refractivity contribution in [2.75, 3.05) is 0 Å². The molecule has 0 unspecified atom stereocenters. The molecule has 0 saturated heterocycles. The third-order valence-corrected chi connectivity index (χ3v) is 4.02. The Hall–Kier alpha value is -0.650. The molecule has 2 rings (SSSR count). The molecule has 0 spiro atoms. The number of hydrogen-bond donors (Lipinski definition) is 0. The Kier molecular flexibility index (Phi) is 3.78. The second-order valence-corrected chi connectivity index (χ2v) is 5.94. The minimum Gasteiger partial charge on any atom is -0.233 e. The summed E-state index contributed by atoms with van der Waals surface area (Å²) < 4.78 is 0.581. The van der Waals surface area contributed by atoms with Gasteiger partial charge in [0.05, 0.1) is 0 Å². The quantitative estimate of drug-likeness (QED) is 0.633.